The van der Waals surface area contributed by atoms with Crippen molar-refractivity contribution in [1.82, 2.24) is 10.2 Å². The largest absolute Gasteiger partial charge is 0.493 e. The van der Waals surface area contributed by atoms with Crippen LogP contribution in [0.4, 0.5) is 0 Å². The van der Waals surface area contributed by atoms with Crippen molar-refractivity contribution in [2.45, 2.75) is 83.8 Å². The van der Waals surface area contributed by atoms with Crippen LogP contribution in [0.2, 0.25) is 0 Å². The molecule has 7 unspecified atom stereocenters. The number of aliphatic hydroxyl groups is 2. The molecule has 0 radical (unpaired) electrons. The highest BCUT2D eigenvalue weighted by Gasteiger charge is 2.51. The molecule has 1 saturated carbocycles. The van der Waals surface area contributed by atoms with E-state index in [1.807, 2.05) is 31.2 Å². The number of nitrogens with zero attached hydrogens (tertiary/aromatic N) is 1. The van der Waals surface area contributed by atoms with Crippen LogP contribution >= 0.6 is 0 Å². The Kier molecular flexibility index (Phi) is 11.0. The van der Waals surface area contributed by atoms with Crippen molar-refractivity contribution in [2.75, 3.05) is 26.9 Å². The maximum atomic E-state index is 14.2. The van der Waals surface area contributed by atoms with Gasteiger partial charge in [-0.1, -0.05) is 57.0 Å². The standard InChI is InChI=1S/C37H48N2O8/c1-21(2)26-11-8-23(4)14-30(26)46-20-32(42)39(18-24-9-6-22(3)7-10-24)29-17-28(37(44)38-12-13-40)33-27-15-25(19-41)16-31(45-5)35(27)47-36(33)34(29)43/h6-7,9-10,15-17,19,21,23,26,29-30,33-34,36,40,43H,8,11-14,18,20H2,1-5H3,(H,38,44). The number of nitrogens with one attached hydrogen (secondary N) is 1. The summed E-state index contributed by atoms with van der Waals surface area (Å²) in [6, 6.07) is 10.1. The lowest BCUT2D eigenvalue weighted by atomic mass is 9.75. The highest BCUT2D eigenvalue weighted by Crippen LogP contribution is 2.51. The first-order chi connectivity index (χ1) is 22.6. The molecule has 5 rings (SSSR count). The number of carbonyl (C=O) groups is 3. The molecule has 10 nitrogen and oxygen atoms in total. The second-order valence-electron chi connectivity index (χ2n) is 13.6. The molecule has 2 aromatic rings. The normalized spacial score (nSPS) is 26.5. The van der Waals surface area contributed by atoms with Gasteiger partial charge in [-0.25, -0.2) is 0 Å². The van der Waals surface area contributed by atoms with E-state index >= 15 is 0 Å². The fourth-order valence-corrected chi connectivity index (χ4v) is 7.38. The molecule has 7 atom stereocenters. The number of carbonyl (C=O) groups excluding carboxylic acids is 3. The quantitative estimate of drug-likeness (QED) is 0.295. The van der Waals surface area contributed by atoms with Crippen molar-refractivity contribution in [3.63, 3.8) is 0 Å². The van der Waals surface area contributed by atoms with Crippen molar-refractivity contribution in [2.24, 2.45) is 17.8 Å². The summed E-state index contributed by atoms with van der Waals surface area (Å²) in [5.74, 6) is 0.399. The van der Waals surface area contributed by atoms with Crippen LogP contribution in [0.15, 0.2) is 48.0 Å². The molecule has 2 amide bonds. The molecule has 0 aromatic heterocycles. The molecular formula is C37H48N2O8. The molecule has 2 aliphatic carbocycles. The van der Waals surface area contributed by atoms with Crippen LogP contribution in [0.5, 0.6) is 11.5 Å². The van der Waals surface area contributed by atoms with Gasteiger partial charge in [-0.2, -0.15) is 0 Å². The van der Waals surface area contributed by atoms with E-state index in [0.29, 0.717) is 46.7 Å². The number of aliphatic hydroxyl groups excluding tert-OH is 2. The zero-order valence-electron chi connectivity index (χ0n) is 28.0. The van der Waals surface area contributed by atoms with Crippen molar-refractivity contribution in [3.8, 4) is 11.5 Å². The van der Waals surface area contributed by atoms with Crippen molar-refractivity contribution in [1.29, 1.82) is 0 Å². The Labute approximate surface area is 277 Å². The van der Waals surface area contributed by atoms with Crippen molar-refractivity contribution in [3.05, 3.63) is 70.3 Å². The number of rotatable bonds is 12. The number of amides is 2. The van der Waals surface area contributed by atoms with E-state index in [2.05, 4.69) is 26.1 Å². The average molecular weight is 649 g/mol. The molecule has 10 heteroatoms. The fraction of sp³-hybridized carbons (Fsp3) is 0.541. The van der Waals surface area contributed by atoms with Gasteiger partial charge in [0.15, 0.2) is 11.5 Å². The monoisotopic (exact) mass is 648 g/mol. The van der Waals surface area contributed by atoms with Gasteiger partial charge >= 0.3 is 0 Å². The van der Waals surface area contributed by atoms with Gasteiger partial charge < -0.3 is 34.6 Å². The number of hydrogen-bond donors (Lipinski definition) is 3. The van der Waals surface area contributed by atoms with E-state index in [-0.39, 0.29) is 43.9 Å². The highest BCUT2D eigenvalue weighted by atomic mass is 16.5. The predicted molar refractivity (Wildman–Crippen MR) is 176 cm³/mol. The van der Waals surface area contributed by atoms with E-state index in [1.165, 1.54) is 7.11 Å². The third kappa shape index (κ3) is 7.40. The molecular weight excluding hydrogens is 600 g/mol. The molecule has 254 valence electrons. The molecule has 1 heterocycles. The van der Waals surface area contributed by atoms with Crippen LogP contribution in [0.1, 0.15) is 73.0 Å². The maximum absolute atomic E-state index is 14.2. The van der Waals surface area contributed by atoms with Gasteiger partial charge in [-0.3, -0.25) is 14.4 Å². The number of hydrogen-bond acceptors (Lipinski definition) is 8. The lowest BCUT2D eigenvalue weighted by molar-refractivity contribution is -0.148. The molecule has 0 bridgehead atoms. The molecule has 1 aliphatic heterocycles. The van der Waals surface area contributed by atoms with Gasteiger partial charge in [0.2, 0.25) is 11.8 Å². The van der Waals surface area contributed by atoms with Gasteiger partial charge in [0.1, 0.15) is 25.1 Å². The topological polar surface area (TPSA) is 135 Å². The van der Waals surface area contributed by atoms with E-state index < -0.39 is 30.1 Å². The first kappa shape index (κ1) is 34.6. The molecule has 47 heavy (non-hydrogen) atoms. The van der Waals surface area contributed by atoms with Crippen LogP contribution < -0.4 is 14.8 Å². The summed E-state index contributed by atoms with van der Waals surface area (Å²) in [5.41, 5.74) is 3.07. The number of ether oxygens (including phenoxy) is 3. The summed E-state index contributed by atoms with van der Waals surface area (Å²) in [7, 11) is 1.46. The van der Waals surface area contributed by atoms with Crippen molar-refractivity contribution >= 4 is 18.1 Å². The average Bonchev–Trinajstić information content (AvgIpc) is 3.45. The Hall–Kier alpha value is -3.73. The van der Waals surface area contributed by atoms with Crippen LogP contribution in [0.3, 0.4) is 0 Å². The Morgan fingerprint density at radius 2 is 1.91 bits per heavy atom. The minimum atomic E-state index is -1.24. The van der Waals surface area contributed by atoms with E-state index in [4.69, 9.17) is 14.2 Å². The van der Waals surface area contributed by atoms with E-state index in [0.717, 1.165) is 30.4 Å². The molecule has 1 fully saturated rings. The predicted octanol–water partition coefficient (Wildman–Crippen LogP) is 3.94. The lowest BCUT2D eigenvalue weighted by Gasteiger charge is -2.41. The number of aryl methyl sites for hydroxylation is 1. The van der Waals surface area contributed by atoms with E-state index in [9.17, 15) is 24.6 Å². The minimum absolute atomic E-state index is 0.0167. The van der Waals surface area contributed by atoms with Gasteiger partial charge in [-0.15, -0.1) is 0 Å². The minimum Gasteiger partial charge on any atom is -0.493 e. The summed E-state index contributed by atoms with van der Waals surface area (Å²) in [5, 5.41) is 24.2. The number of benzene rings is 2. The fourth-order valence-electron chi connectivity index (χ4n) is 7.38. The lowest BCUT2D eigenvalue weighted by Crippen LogP contribution is -2.56. The molecule has 2 aromatic carbocycles. The van der Waals surface area contributed by atoms with Crippen LogP contribution in [0.25, 0.3) is 0 Å². The van der Waals surface area contributed by atoms with Crippen LogP contribution in [-0.2, 0) is 20.9 Å². The van der Waals surface area contributed by atoms with E-state index in [1.54, 1.807) is 23.1 Å². The van der Waals surface area contributed by atoms with Gasteiger partial charge in [0.05, 0.1) is 31.8 Å². The molecule has 0 spiro atoms. The zero-order chi connectivity index (χ0) is 33.8. The summed E-state index contributed by atoms with van der Waals surface area (Å²) in [6.45, 7) is 8.35. The van der Waals surface area contributed by atoms with Crippen LogP contribution in [0, 0.1) is 24.7 Å². The molecule has 3 N–H and O–H groups in total. The summed E-state index contributed by atoms with van der Waals surface area (Å²) in [4.78, 5) is 41.3. The first-order valence-electron chi connectivity index (χ1n) is 16.6. The SMILES string of the molecule is COc1cc(C=O)cc2c1OC1C2C(C(=O)NCCO)=CC(N(Cc2ccc(C)cc2)C(=O)COC2CC(C)CCC2C(C)C)C1O. The Morgan fingerprint density at radius 3 is 2.57 bits per heavy atom. The summed E-state index contributed by atoms with van der Waals surface area (Å²) in [6.07, 6.45) is 3.15. The molecule has 3 aliphatic rings. The smallest absolute Gasteiger partial charge is 0.249 e. The maximum Gasteiger partial charge on any atom is 0.249 e. The Balaban J connectivity index is 1.53. The first-order valence-corrected chi connectivity index (χ1v) is 16.6. The van der Waals surface area contributed by atoms with Gasteiger partial charge in [0, 0.05) is 29.8 Å². The summed E-state index contributed by atoms with van der Waals surface area (Å²) >= 11 is 0. The Bertz CT molecular complexity index is 1470. The van der Waals surface area contributed by atoms with Gasteiger partial charge in [-0.05, 0) is 61.3 Å². The Morgan fingerprint density at radius 1 is 1.17 bits per heavy atom. The third-order valence-corrected chi connectivity index (χ3v) is 9.95. The second kappa shape index (κ2) is 15.0. The number of fused-ring (bicyclic) bond motifs is 3. The molecule has 0 saturated heterocycles. The van der Waals surface area contributed by atoms with Gasteiger partial charge in [0.25, 0.3) is 0 Å². The second-order valence-corrected chi connectivity index (χ2v) is 13.6. The zero-order valence-corrected chi connectivity index (χ0v) is 28.0. The van der Waals surface area contributed by atoms with Crippen LogP contribution in [-0.4, -0.2) is 84.4 Å². The number of aldehydes is 1. The number of methoxy groups -OCH3 is 1. The summed E-state index contributed by atoms with van der Waals surface area (Å²) < 4.78 is 18.3. The highest BCUT2D eigenvalue weighted by molar-refractivity contribution is 5.96. The third-order valence-electron chi connectivity index (χ3n) is 9.95. The van der Waals surface area contributed by atoms with Crippen molar-refractivity contribution < 1.29 is 38.8 Å².